The number of rotatable bonds is 3. The minimum absolute atomic E-state index is 0. The van der Waals surface area contributed by atoms with Crippen LogP contribution in [0.2, 0.25) is 3.63 Å². The first-order chi connectivity index (χ1) is 6.81. The van der Waals surface area contributed by atoms with Crippen LogP contribution in [0, 0.1) is 0 Å². The molecule has 0 spiro atoms. The summed E-state index contributed by atoms with van der Waals surface area (Å²) in [6.07, 6.45) is 7.31. The van der Waals surface area contributed by atoms with Gasteiger partial charge in [-0.25, -0.2) is 0 Å². The predicted molar refractivity (Wildman–Crippen MR) is 56.9 cm³/mol. The first kappa shape index (κ1) is 16.4. The molecule has 0 amide bonds. The van der Waals surface area contributed by atoms with Gasteiger partial charge in [-0.15, -0.1) is 0 Å². The van der Waals surface area contributed by atoms with Crippen molar-refractivity contribution in [3.05, 3.63) is 41.5 Å². The van der Waals surface area contributed by atoms with E-state index in [0.29, 0.717) is 5.92 Å². The Morgan fingerprint density at radius 3 is 2.62 bits per heavy atom. The van der Waals surface area contributed by atoms with Crippen LogP contribution in [0.3, 0.4) is 0 Å². The molecule has 0 nitrogen and oxygen atoms in total. The minimum Gasteiger partial charge on any atom is -1.00 e. The van der Waals surface area contributed by atoms with Gasteiger partial charge in [0.05, 0.1) is 0 Å². The Morgan fingerprint density at radius 1 is 1.25 bits per heavy atom. The van der Waals surface area contributed by atoms with Crippen molar-refractivity contribution >= 4 is 6.08 Å². The van der Waals surface area contributed by atoms with Gasteiger partial charge in [-0.3, -0.25) is 0 Å². The van der Waals surface area contributed by atoms with Crippen molar-refractivity contribution in [3.63, 3.8) is 0 Å². The zero-order valence-corrected chi connectivity index (χ0v) is 13.3. The number of halogens is 2. The fourth-order valence-electron chi connectivity index (χ4n) is 2.00. The molecule has 0 N–H and O–H groups in total. The number of hydrogen-bond donors (Lipinski definition) is 0. The van der Waals surface area contributed by atoms with Crippen LogP contribution in [0.4, 0.5) is 0 Å². The molecule has 1 aliphatic rings. The fourth-order valence-corrected chi connectivity index (χ4v) is 2.63. The second kappa shape index (κ2) is 7.69. The molecule has 2 unspecified atom stereocenters. The maximum atomic E-state index is 2.37. The molecule has 0 aromatic heterocycles. The molecule has 2 atom stereocenters. The van der Waals surface area contributed by atoms with Gasteiger partial charge in [0.2, 0.25) is 0 Å². The van der Waals surface area contributed by atoms with E-state index < -0.39 is 0 Å². The molecule has 1 aromatic rings. The van der Waals surface area contributed by atoms with Gasteiger partial charge in [0.1, 0.15) is 0 Å². The maximum Gasteiger partial charge on any atom is -1.00 e. The van der Waals surface area contributed by atoms with Crippen LogP contribution >= 0.6 is 0 Å². The van der Waals surface area contributed by atoms with Crippen molar-refractivity contribution < 1.29 is 49.5 Å². The van der Waals surface area contributed by atoms with E-state index in [-0.39, 0.29) is 24.8 Å². The quantitative estimate of drug-likeness (QED) is 0.597. The molecule has 0 radical (unpaired) electrons. The number of hydrogen-bond acceptors (Lipinski definition) is 0. The predicted octanol–water partition coefficient (Wildman–Crippen LogP) is -2.06. The van der Waals surface area contributed by atoms with E-state index in [4.69, 9.17) is 0 Å². The van der Waals surface area contributed by atoms with Crippen molar-refractivity contribution in [2.24, 2.45) is 0 Å². The van der Waals surface area contributed by atoms with Gasteiger partial charge in [0, 0.05) is 0 Å². The summed E-state index contributed by atoms with van der Waals surface area (Å²) < 4.78 is 0.919. The Morgan fingerprint density at radius 2 is 1.94 bits per heavy atom. The first-order valence-corrected chi connectivity index (χ1v) is 6.71. The van der Waals surface area contributed by atoms with Gasteiger partial charge < -0.3 is 24.8 Å². The molecule has 0 fully saturated rings. The Bertz CT molecular complexity index is 350. The first-order valence-electron chi connectivity index (χ1n) is 5.29. The van der Waals surface area contributed by atoms with Gasteiger partial charge in [-0.05, 0) is 0 Å². The maximum absolute atomic E-state index is 2.37. The van der Waals surface area contributed by atoms with E-state index in [0.717, 1.165) is 3.63 Å². The van der Waals surface area contributed by atoms with E-state index in [1.54, 1.807) is 24.7 Å². The third kappa shape index (κ3) is 3.72. The molecule has 16 heavy (non-hydrogen) atoms. The van der Waals surface area contributed by atoms with Gasteiger partial charge in [0.15, 0.2) is 0 Å². The van der Waals surface area contributed by atoms with E-state index in [9.17, 15) is 0 Å². The van der Waals surface area contributed by atoms with Crippen LogP contribution in [0.15, 0.2) is 30.3 Å². The van der Waals surface area contributed by atoms with E-state index in [2.05, 4.69) is 43.3 Å². The molecule has 0 saturated heterocycles. The number of benzene rings is 1. The molecule has 2 rings (SSSR count). The summed E-state index contributed by atoms with van der Waals surface area (Å²) in [7, 11) is 0. The third-order valence-electron chi connectivity index (χ3n) is 2.93. The van der Waals surface area contributed by atoms with Crippen LogP contribution in [-0.4, -0.2) is 0 Å². The van der Waals surface area contributed by atoms with Gasteiger partial charge in [-0.2, -0.15) is 0 Å². The summed E-state index contributed by atoms with van der Waals surface area (Å²) in [6, 6.07) is 8.78. The van der Waals surface area contributed by atoms with Crippen molar-refractivity contribution in [3.8, 4) is 0 Å². The normalized spacial score (nSPS) is 18.3. The molecule has 3 heteroatoms. The number of allylic oxidation sites excluding steroid dienone is 1. The van der Waals surface area contributed by atoms with Crippen molar-refractivity contribution in [2.45, 2.75) is 29.3 Å². The smallest absolute Gasteiger partial charge is 1.00 e. The molecule has 0 heterocycles. The van der Waals surface area contributed by atoms with Crippen molar-refractivity contribution in [2.75, 3.05) is 0 Å². The van der Waals surface area contributed by atoms with Gasteiger partial charge in [0.25, 0.3) is 0 Å². The topological polar surface area (TPSA) is 0 Å². The van der Waals surface area contributed by atoms with E-state index in [1.807, 2.05) is 0 Å². The Labute approximate surface area is 126 Å². The molecule has 1 aliphatic carbocycles. The summed E-state index contributed by atoms with van der Waals surface area (Å²) in [5.41, 5.74) is 2.96. The summed E-state index contributed by atoms with van der Waals surface area (Å²) in [5.74, 6) is 0.690. The third-order valence-corrected chi connectivity index (χ3v) is 4.52. The fraction of sp³-hybridized carbons (Fsp3) is 0.385. The Kier molecular flexibility index (Phi) is 7.90. The van der Waals surface area contributed by atoms with Crippen LogP contribution < -0.4 is 24.8 Å². The van der Waals surface area contributed by atoms with Crippen molar-refractivity contribution in [1.82, 2.24) is 0 Å². The van der Waals surface area contributed by atoms with Crippen LogP contribution in [-0.2, 0) is 24.7 Å². The van der Waals surface area contributed by atoms with Gasteiger partial charge >= 0.3 is 102 Å². The Hall–Kier alpha value is 0.423. The monoisotopic (exact) mass is 331 g/mol. The minimum atomic E-state index is 0. The molecule has 1 aromatic carbocycles. The zero-order valence-electron chi connectivity index (χ0n) is 9.29. The molecule has 85 valence electrons. The Balaban J connectivity index is 0.00000112. The molecular formula is C13H15Cl2Zr. The average Bonchev–Trinajstić information content (AvgIpc) is 2.62. The number of fused-ring (bicyclic) bond motifs is 1. The summed E-state index contributed by atoms with van der Waals surface area (Å²) in [4.78, 5) is 0. The summed E-state index contributed by atoms with van der Waals surface area (Å²) in [5, 5.41) is 0. The average molecular weight is 333 g/mol. The second-order valence-electron chi connectivity index (χ2n) is 3.94. The van der Waals surface area contributed by atoms with Crippen LogP contribution in [0.25, 0.3) is 6.08 Å². The molecule has 0 saturated carbocycles. The van der Waals surface area contributed by atoms with Crippen LogP contribution in [0.5, 0.6) is 0 Å². The summed E-state index contributed by atoms with van der Waals surface area (Å²) in [6.45, 7) is 2.30. The molecule has 0 aliphatic heterocycles. The summed E-state index contributed by atoms with van der Waals surface area (Å²) >= 11 is 1.69. The van der Waals surface area contributed by atoms with Gasteiger partial charge in [-0.1, -0.05) is 0 Å². The largest absolute Gasteiger partial charge is 1.00 e. The zero-order chi connectivity index (χ0) is 9.97. The SMILES string of the molecule is CC[CH]([Zr+2])CC1C=Cc2ccccc21.[Cl-].[Cl-]. The second-order valence-corrected chi connectivity index (χ2v) is 5.94. The van der Waals surface area contributed by atoms with E-state index >= 15 is 0 Å². The van der Waals surface area contributed by atoms with Crippen molar-refractivity contribution in [1.29, 1.82) is 0 Å². The molecule has 0 bridgehead atoms. The van der Waals surface area contributed by atoms with E-state index in [1.165, 1.54) is 24.0 Å². The molecular weight excluding hydrogens is 318 g/mol. The van der Waals surface area contributed by atoms with Crippen LogP contribution in [0.1, 0.15) is 36.8 Å². The standard InChI is InChI=1S/C13H15.2ClH.Zr/c1-2-3-6-11-9-10-12-7-4-5-8-13(11)12;;;/h3-5,7-11H,2,6H2,1H3;2*1H;/q;;;+2/p-2.